The number of amides is 1. The summed E-state index contributed by atoms with van der Waals surface area (Å²) in [5, 5.41) is 10.6. The van der Waals surface area contributed by atoms with E-state index in [0.29, 0.717) is 19.0 Å². The molecule has 2 fully saturated rings. The molecule has 2 aromatic rings. The minimum atomic E-state index is -0.138. The lowest BCUT2D eigenvalue weighted by molar-refractivity contribution is -0.133. The van der Waals surface area contributed by atoms with Crippen LogP contribution >= 0.6 is 0 Å². The van der Waals surface area contributed by atoms with Gasteiger partial charge in [-0.15, -0.1) is 0 Å². The summed E-state index contributed by atoms with van der Waals surface area (Å²) in [7, 11) is 0. The number of nitriles is 1. The molecular weight excluding hydrogens is 312 g/mol. The van der Waals surface area contributed by atoms with E-state index in [2.05, 4.69) is 41.1 Å². The third kappa shape index (κ3) is 3.14. The average molecular weight is 336 g/mol. The summed E-state index contributed by atoms with van der Waals surface area (Å²) in [5.41, 5.74) is 3.58. The molecule has 0 spiro atoms. The molecule has 1 amide bonds. The number of aromatic nitrogens is 1. The van der Waals surface area contributed by atoms with Gasteiger partial charge < -0.3 is 9.88 Å². The summed E-state index contributed by atoms with van der Waals surface area (Å²) < 4.78 is 0. The number of piperazine rings is 1. The number of benzene rings is 1. The summed E-state index contributed by atoms with van der Waals surface area (Å²) in [6.07, 6.45) is 5.66. The van der Waals surface area contributed by atoms with E-state index in [1.807, 2.05) is 11.1 Å². The molecule has 1 saturated carbocycles. The number of nitrogens with one attached hydrogen (secondary N) is 1. The molecule has 1 unspecified atom stereocenters. The van der Waals surface area contributed by atoms with Gasteiger partial charge in [0.2, 0.25) is 5.91 Å². The van der Waals surface area contributed by atoms with Crippen molar-refractivity contribution in [3.8, 4) is 6.07 Å². The topological polar surface area (TPSA) is 63.1 Å². The van der Waals surface area contributed by atoms with Gasteiger partial charge in [0.05, 0.1) is 6.07 Å². The lowest BCUT2D eigenvalue weighted by atomic mass is 10.1. The second-order valence-electron chi connectivity index (χ2n) is 7.27. The monoisotopic (exact) mass is 336 g/mol. The van der Waals surface area contributed by atoms with Crippen LogP contribution in [0.3, 0.4) is 0 Å². The van der Waals surface area contributed by atoms with Gasteiger partial charge in [-0.3, -0.25) is 9.69 Å². The van der Waals surface area contributed by atoms with Crippen molar-refractivity contribution in [2.45, 2.75) is 44.7 Å². The molecule has 1 atom stereocenters. The van der Waals surface area contributed by atoms with Crippen LogP contribution in [0.25, 0.3) is 10.9 Å². The second kappa shape index (κ2) is 6.53. The molecule has 1 aromatic heterocycles. The smallest absolute Gasteiger partial charge is 0.223 e. The minimum Gasteiger partial charge on any atom is -0.361 e. The van der Waals surface area contributed by atoms with Crippen LogP contribution in [0.2, 0.25) is 0 Å². The summed E-state index contributed by atoms with van der Waals surface area (Å²) in [5.74, 6) is 0.165. The average Bonchev–Trinajstić information content (AvgIpc) is 3.39. The zero-order valence-corrected chi connectivity index (χ0v) is 14.7. The Hall–Kier alpha value is -2.32. The highest BCUT2D eigenvalue weighted by Crippen LogP contribution is 2.30. The fraction of sp³-hybridized carbons (Fsp3) is 0.500. The fourth-order valence-corrected chi connectivity index (χ4v) is 3.95. The van der Waals surface area contributed by atoms with Crippen LogP contribution < -0.4 is 0 Å². The van der Waals surface area contributed by atoms with E-state index in [-0.39, 0.29) is 11.9 Å². The lowest BCUT2D eigenvalue weighted by Crippen LogP contribution is -2.54. The molecule has 1 saturated heterocycles. The maximum absolute atomic E-state index is 12.6. The fourth-order valence-electron chi connectivity index (χ4n) is 3.95. The van der Waals surface area contributed by atoms with Gasteiger partial charge in [-0.25, -0.2) is 0 Å². The number of aromatic amines is 1. The molecule has 130 valence electrons. The number of carbonyl (C=O) groups is 1. The standard InChI is InChI=1S/C20H24N4O/c1-14-3-2-4-18-15(12-22-20(14)18)5-8-19(25)23-9-10-24(16-6-7-16)17(11-21)13-23/h2-4,12,16-17,22H,5-10,13H2,1H3. The lowest BCUT2D eigenvalue weighted by Gasteiger charge is -2.38. The molecule has 1 aliphatic carbocycles. The molecular formula is C20H24N4O. The first-order chi connectivity index (χ1) is 12.2. The highest BCUT2D eigenvalue weighted by atomic mass is 16.2. The number of para-hydroxylation sites is 1. The van der Waals surface area contributed by atoms with Crippen molar-refractivity contribution < 1.29 is 4.79 Å². The number of aryl methyl sites for hydroxylation is 2. The third-order valence-corrected chi connectivity index (χ3v) is 5.56. The Bertz CT molecular complexity index is 830. The highest BCUT2D eigenvalue weighted by Gasteiger charge is 2.38. The predicted octanol–water partition coefficient (Wildman–Crippen LogP) is 2.61. The van der Waals surface area contributed by atoms with Crippen molar-refractivity contribution in [2.75, 3.05) is 19.6 Å². The Morgan fingerprint density at radius 3 is 2.96 bits per heavy atom. The largest absolute Gasteiger partial charge is 0.361 e. The normalized spacial score (nSPS) is 21.4. The van der Waals surface area contributed by atoms with Crippen LogP contribution in [0.4, 0.5) is 0 Å². The van der Waals surface area contributed by atoms with E-state index in [1.54, 1.807) is 0 Å². The number of rotatable bonds is 4. The molecule has 0 bridgehead atoms. The quantitative estimate of drug-likeness (QED) is 0.933. The van der Waals surface area contributed by atoms with Crippen LogP contribution in [-0.2, 0) is 11.2 Å². The summed E-state index contributed by atoms with van der Waals surface area (Å²) in [4.78, 5) is 20.1. The Morgan fingerprint density at radius 1 is 1.36 bits per heavy atom. The molecule has 0 radical (unpaired) electrons. The van der Waals surface area contributed by atoms with Crippen molar-refractivity contribution in [1.82, 2.24) is 14.8 Å². The molecule has 5 nitrogen and oxygen atoms in total. The molecule has 1 aromatic carbocycles. The van der Waals surface area contributed by atoms with Crippen LogP contribution in [0.1, 0.15) is 30.4 Å². The van der Waals surface area contributed by atoms with Crippen molar-refractivity contribution >= 4 is 16.8 Å². The van der Waals surface area contributed by atoms with Gasteiger partial charge in [0, 0.05) is 49.2 Å². The predicted molar refractivity (Wildman–Crippen MR) is 97.1 cm³/mol. The van der Waals surface area contributed by atoms with E-state index in [1.165, 1.54) is 29.4 Å². The summed E-state index contributed by atoms with van der Waals surface area (Å²) in [6.45, 7) is 4.23. The zero-order valence-electron chi connectivity index (χ0n) is 14.7. The minimum absolute atomic E-state index is 0.138. The van der Waals surface area contributed by atoms with Crippen molar-refractivity contribution in [2.24, 2.45) is 0 Å². The van der Waals surface area contributed by atoms with Gasteiger partial charge in [-0.1, -0.05) is 18.2 Å². The Kier molecular flexibility index (Phi) is 4.22. The van der Waals surface area contributed by atoms with Crippen LogP contribution in [0.5, 0.6) is 0 Å². The van der Waals surface area contributed by atoms with Gasteiger partial charge in [0.1, 0.15) is 6.04 Å². The Labute approximate surface area is 148 Å². The number of hydrogen-bond donors (Lipinski definition) is 1. The molecule has 2 aliphatic rings. The van der Waals surface area contributed by atoms with E-state index < -0.39 is 0 Å². The summed E-state index contributed by atoms with van der Waals surface area (Å²) >= 11 is 0. The van der Waals surface area contributed by atoms with Crippen LogP contribution in [-0.4, -0.2) is 52.4 Å². The SMILES string of the molecule is Cc1cccc2c(CCC(=O)N3CCN(C4CC4)C(C#N)C3)c[nH]c12. The highest BCUT2D eigenvalue weighted by molar-refractivity contribution is 5.86. The van der Waals surface area contributed by atoms with Crippen molar-refractivity contribution in [1.29, 1.82) is 5.26 Å². The first-order valence-electron chi connectivity index (χ1n) is 9.16. The van der Waals surface area contributed by atoms with Gasteiger partial charge in [0.15, 0.2) is 0 Å². The van der Waals surface area contributed by atoms with Gasteiger partial charge in [-0.2, -0.15) is 5.26 Å². The molecule has 1 N–H and O–H groups in total. The molecule has 1 aliphatic heterocycles. The Morgan fingerprint density at radius 2 is 2.20 bits per heavy atom. The molecule has 2 heterocycles. The van der Waals surface area contributed by atoms with Crippen molar-refractivity contribution in [3.05, 3.63) is 35.5 Å². The second-order valence-corrected chi connectivity index (χ2v) is 7.27. The number of hydrogen-bond acceptors (Lipinski definition) is 3. The maximum Gasteiger partial charge on any atom is 0.223 e. The van der Waals surface area contributed by atoms with Crippen LogP contribution in [0, 0.1) is 18.3 Å². The number of carbonyl (C=O) groups excluding carboxylic acids is 1. The molecule has 5 heteroatoms. The molecule has 4 rings (SSSR count). The first-order valence-corrected chi connectivity index (χ1v) is 9.16. The zero-order chi connectivity index (χ0) is 17.4. The number of nitrogens with zero attached hydrogens (tertiary/aromatic N) is 3. The van der Waals surface area contributed by atoms with E-state index in [0.717, 1.165) is 25.0 Å². The van der Waals surface area contributed by atoms with E-state index >= 15 is 0 Å². The maximum atomic E-state index is 12.6. The number of fused-ring (bicyclic) bond motifs is 1. The third-order valence-electron chi connectivity index (χ3n) is 5.56. The van der Waals surface area contributed by atoms with Gasteiger partial charge >= 0.3 is 0 Å². The summed E-state index contributed by atoms with van der Waals surface area (Å²) in [6, 6.07) is 9.09. The number of H-pyrrole nitrogens is 1. The van der Waals surface area contributed by atoms with E-state index in [9.17, 15) is 10.1 Å². The van der Waals surface area contributed by atoms with Gasteiger partial charge in [0.25, 0.3) is 0 Å². The first kappa shape index (κ1) is 16.2. The van der Waals surface area contributed by atoms with Gasteiger partial charge in [-0.05, 0) is 37.3 Å². The van der Waals surface area contributed by atoms with E-state index in [4.69, 9.17) is 0 Å². The molecule has 25 heavy (non-hydrogen) atoms. The van der Waals surface area contributed by atoms with Crippen LogP contribution in [0.15, 0.2) is 24.4 Å². The Balaban J connectivity index is 1.39. The van der Waals surface area contributed by atoms with Crippen molar-refractivity contribution in [3.63, 3.8) is 0 Å².